The average molecular weight is 238 g/mol. The molecule has 2 rings (SSSR count). The first-order chi connectivity index (χ1) is 8.24. The molecule has 1 aliphatic carbocycles. The standard InChI is InChI=1S/C13H22N2O2/c1-15(10-5-2-3-6-12(10)16)11(9-14)13-7-4-8-17-13/h4,7-8,10-12,16H,2-3,5-6,9,14H2,1H3. The van der Waals surface area contributed by atoms with Gasteiger partial charge in [-0.25, -0.2) is 0 Å². The van der Waals surface area contributed by atoms with Crippen LogP contribution in [0.4, 0.5) is 0 Å². The highest BCUT2D eigenvalue weighted by Crippen LogP contribution is 2.28. The van der Waals surface area contributed by atoms with Gasteiger partial charge >= 0.3 is 0 Å². The molecule has 1 saturated carbocycles. The highest BCUT2D eigenvalue weighted by Gasteiger charge is 2.31. The molecule has 0 amide bonds. The number of rotatable bonds is 4. The Hall–Kier alpha value is -0.840. The molecule has 0 saturated heterocycles. The largest absolute Gasteiger partial charge is 0.468 e. The topological polar surface area (TPSA) is 62.6 Å². The summed E-state index contributed by atoms with van der Waals surface area (Å²) in [5.41, 5.74) is 5.83. The van der Waals surface area contributed by atoms with Crippen LogP contribution in [0.3, 0.4) is 0 Å². The van der Waals surface area contributed by atoms with E-state index in [4.69, 9.17) is 10.2 Å². The number of furan rings is 1. The van der Waals surface area contributed by atoms with E-state index in [0.717, 1.165) is 25.0 Å². The number of aliphatic hydroxyl groups is 1. The van der Waals surface area contributed by atoms with Gasteiger partial charge in [-0.1, -0.05) is 12.8 Å². The summed E-state index contributed by atoms with van der Waals surface area (Å²) >= 11 is 0. The van der Waals surface area contributed by atoms with Crippen LogP contribution in [-0.2, 0) is 0 Å². The number of nitrogens with two attached hydrogens (primary N) is 1. The summed E-state index contributed by atoms with van der Waals surface area (Å²) < 4.78 is 5.43. The lowest BCUT2D eigenvalue weighted by molar-refractivity contribution is 0.00973. The summed E-state index contributed by atoms with van der Waals surface area (Å²) in [6, 6.07) is 4.08. The summed E-state index contributed by atoms with van der Waals surface area (Å²) in [7, 11) is 2.03. The summed E-state index contributed by atoms with van der Waals surface area (Å²) in [6.45, 7) is 0.507. The van der Waals surface area contributed by atoms with Crippen LogP contribution in [0.1, 0.15) is 37.5 Å². The zero-order valence-corrected chi connectivity index (χ0v) is 10.4. The van der Waals surface area contributed by atoms with Crippen molar-refractivity contribution in [3.05, 3.63) is 24.2 Å². The van der Waals surface area contributed by atoms with Crippen LogP contribution in [-0.4, -0.2) is 35.7 Å². The van der Waals surface area contributed by atoms with Crippen LogP contribution in [0.5, 0.6) is 0 Å². The van der Waals surface area contributed by atoms with Gasteiger partial charge in [0, 0.05) is 12.6 Å². The Balaban J connectivity index is 2.08. The van der Waals surface area contributed by atoms with Gasteiger partial charge in [0.05, 0.1) is 18.4 Å². The molecule has 4 heteroatoms. The molecule has 1 heterocycles. The first-order valence-corrected chi connectivity index (χ1v) is 6.37. The lowest BCUT2D eigenvalue weighted by Crippen LogP contribution is -2.46. The zero-order chi connectivity index (χ0) is 12.3. The van der Waals surface area contributed by atoms with Gasteiger partial charge in [-0.2, -0.15) is 0 Å². The molecular formula is C13H22N2O2. The quantitative estimate of drug-likeness (QED) is 0.834. The predicted molar refractivity (Wildman–Crippen MR) is 66.5 cm³/mol. The molecule has 4 nitrogen and oxygen atoms in total. The molecular weight excluding hydrogens is 216 g/mol. The van der Waals surface area contributed by atoms with Gasteiger partial charge in [-0.15, -0.1) is 0 Å². The molecule has 0 aliphatic heterocycles. The Kier molecular flexibility index (Phi) is 4.20. The Bertz CT molecular complexity index is 326. The van der Waals surface area contributed by atoms with Crippen LogP contribution in [0.15, 0.2) is 22.8 Å². The monoisotopic (exact) mass is 238 g/mol. The normalized spacial score (nSPS) is 27.3. The van der Waals surface area contributed by atoms with E-state index >= 15 is 0 Å². The SMILES string of the molecule is CN(C(CN)c1ccco1)C1CCCCC1O. The van der Waals surface area contributed by atoms with Crippen molar-refractivity contribution in [1.29, 1.82) is 0 Å². The third-order valence-electron chi connectivity index (χ3n) is 3.80. The van der Waals surface area contributed by atoms with Crippen molar-refractivity contribution in [1.82, 2.24) is 4.90 Å². The fourth-order valence-corrected chi connectivity index (χ4v) is 2.76. The lowest BCUT2D eigenvalue weighted by Gasteiger charge is -2.38. The number of hydrogen-bond donors (Lipinski definition) is 2. The first kappa shape index (κ1) is 12.6. The van der Waals surface area contributed by atoms with Gasteiger partial charge in [0.25, 0.3) is 0 Å². The summed E-state index contributed by atoms with van der Waals surface area (Å²) in [6.07, 6.45) is 5.67. The fourth-order valence-electron chi connectivity index (χ4n) is 2.76. The molecule has 0 radical (unpaired) electrons. The smallest absolute Gasteiger partial charge is 0.122 e. The second kappa shape index (κ2) is 5.67. The second-order valence-electron chi connectivity index (χ2n) is 4.85. The fraction of sp³-hybridized carbons (Fsp3) is 0.692. The van der Waals surface area contributed by atoms with Crippen LogP contribution in [0, 0.1) is 0 Å². The van der Waals surface area contributed by atoms with Crippen molar-refractivity contribution < 1.29 is 9.52 Å². The number of aliphatic hydroxyl groups excluding tert-OH is 1. The Labute approximate surface area is 102 Å². The van der Waals surface area contributed by atoms with Crippen LogP contribution >= 0.6 is 0 Å². The molecule has 0 aromatic carbocycles. The highest BCUT2D eigenvalue weighted by atomic mass is 16.3. The third kappa shape index (κ3) is 2.70. The minimum absolute atomic E-state index is 0.0581. The number of nitrogens with zero attached hydrogens (tertiary/aromatic N) is 1. The summed E-state index contributed by atoms with van der Waals surface area (Å²) in [4.78, 5) is 2.17. The molecule has 3 atom stereocenters. The van der Waals surface area contributed by atoms with E-state index in [2.05, 4.69) is 4.90 Å². The number of likely N-dealkylation sites (N-methyl/N-ethyl adjacent to an activating group) is 1. The molecule has 1 aromatic heterocycles. The van der Waals surface area contributed by atoms with E-state index in [1.54, 1.807) is 6.26 Å². The van der Waals surface area contributed by atoms with Crippen molar-refractivity contribution in [3.63, 3.8) is 0 Å². The van der Waals surface area contributed by atoms with E-state index in [1.165, 1.54) is 6.42 Å². The van der Waals surface area contributed by atoms with Gasteiger partial charge in [-0.3, -0.25) is 4.90 Å². The van der Waals surface area contributed by atoms with Gasteiger partial charge in [0.2, 0.25) is 0 Å². The van der Waals surface area contributed by atoms with Crippen LogP contribution in [0.2, 0.25) is 0 Å². The van der Waals surface area contributed by atoms with Crippen molar-refractivity contribution in [2.75, 3.05) is 13.6 Å². The maximum absolute atomic E-state index is 10.1. The molecule has 3 N–H and O–H groups in total. The van der Waals surface area contributed by atoms with Gasteiger partial charge in [0.1, 0.15) is 5.76 Å². The molecule has 1 fully saturated rings. The summed E-state index contributed by atoms with van der Waals surface area (Å²) in [5.74, 6) is 0.882. The zero-order valence-electron chi connectivity index (χ0n) is 10.4. The third-order valence-corrected chi connectivity index (χ3v) is 3.80. The highest BCUT2D eigenvalue weighted by molar-refractivity contribution is 5.06. The maximum atomic E-state index is 10.1. The van der Waals surface area contributed by atoms with Crippen molar-refractivity contribution in [2.45, 2.75) is 43.9 Å². The first-order valence-electron chi connectivity index (χ1n) is 6.37. The lowest BCUT2D eigenvalue weighted by atomic mass is 9.90. The van der Waals surface area contributed by atoms with E-state index in [1.807, 2.05) is 19.2 Å². The Morgan fingerprint density at radius 3 is 2.88 bits per heavy atom. The molecule has 0 bridgehead atoms. The van der Waals surface area contributed by atoms with Crippen molar-refractivity contribution in [3.8, 4) is 0 Å². The molecule has 96 valence electrons. The van der Waals surface area contributed by atoms with Gasteiger partial charge in [-0.05, 0) is 32.0 Å². The van der Waals surface area contributed by atoms with Crippen molar-refractivity contribution >= 4 is 0 Å². The molecule has 1 aromatic rings. The summed E-state index contributed by atoms with van der Waals surface area (Å²) in [5, 5.41) is 10.1. The van der Waals surface area contributed by atoms with E-state index < -0.39 is 0 Å². The molecule has 0 spiro atoms. The van der Waals surface area contributed by atoms with E-state index in [9.17, 15) is 5.11 Å². The van der Waals surface area contributed by atoms with Crippen molar-refractivity contribution in [2.24, 2.45) is 5.73 Å². The van der Waals surface area contributed by atoms with Crippen LogP contribution < -0.4 is 5.73 Å². The van der Waals surface area contributed by atoms with Gasteiger partial charge in [0.15, 0.2) is 0 Å². The minimum atomic E-state index is -0.238. The van der Waals surface area contributed by atoms with Crippen LogP contribution in [0.25, 0.3) is 0 Å². The average Bonchev–Trinajstić information content (AvgIpc) is 2.84. The maximum Gasteiger partial charge on any atom is 0.122 e. The Morgan fingerprint density at radius 2 is 2.29 bits per heavy atom. The second-order valence-corrected chi connectivity index (χ2v) is 4.85. The van der Waals surface area contributed by atoms with E-state index in [0.29, 0.717) is 6.54 Å². The predicted octanol–water partition coefficient (Wildman–Crippen LogP) is 1.51. The van der Waals surface area contributed by atoms with E-state index in [-0.39, 0.29) is 18.2 Å². The molecule has 17 heavy (non-hydrogen) atoms. The molecule has 3 unspecified atom stereocenters. The molecule has 1 aliphatic rings. The number of hydrogen-bond acceptors (Lipinski definition) is 4. The Morgan fingerprint density at radius 1 is 1.53 bits per heavy atom. The minimum Gasteiger partial charge on any atom is -0.468 e. The van der Waals surface area contributed by atoms with Gasteiger partial charge < -0.3 is 15.3 Å².